The van der Waals surface area contributed by atoms with E-state index in [0.29, 0.717) is 18.7 Å². The van der Waals surface area contributed by atoms with Gasteiger partial charge >= 0.3 is 0 Å². The van der Waals surface area contributed by atoms with E-state index in [1.807, 2.05) is 54.3 Å². The van der Waals surface area contributed by atoms with Crippen LogP contribution in [0.2, 0.25) is 0 Å². The average Bonchev–Trinajstić information content (AvgIpc) is 2.80. The molecular formula is C25H27N5O. The molecule has 1 saturated heterocycles. The van der Waals surface area contributed by atoms with E-state index in [0.717, 1.165) is 41.6 Å². The van der Waals surface area contributed by atoms with Crippen molar-refractivity contribution in [3.8, 4) is 0 Å². The zero-order valence-electron chi connectivity index (χ0n) is 18.0. The molecule has 0 saturated carbocycles. The minimum absolute atomic E-state index is 0.0564. The molecule has 0 aliphatic carbocycles. The van der Waals surface area contributed by atoms with Gasteiger partial charge in [0.25, 0.3) is 5.91 Å². The summed E-state index contributed by atoms with van der Waals surface area (Å²) in [5, 5.41) is 3.38. The summed E-state index contributed by atoms with van der Waals surface area (Å²) in [5.41, 5.74) is 4.62. The molecule has 31 heavy (non-hydrogen) atoms. The molecule has 1 aliphatic heterocycles. The second-order valence-electron chi connectivity index (χ2n) is 8.02. The van der Waals surface area contributed by atoms with Crippen LogP contribution in [0.15, 0.2) is 59.6 Å². The number of hydrogen-bond acceptors (Lipinski definition) is 5. The minimum atomic E-state index is 0.0564. The van der Waals surface area contributed by atoms with Crippen molar-refractivity contribution in [1.82, 2.24) is 14.9 Å². The third kappa shape index (κ3) is 4.97. The molecule has 0 unspecified atom stereocenters. The molecule has 1 aliphatic rings. The number of benzene rings is 2. The van der Waals surface area contributed by atoms with Crippen LogP contribution in [-0.2, 0) is 0 Å². The third-order valence-electron chi connectivity index (χ3n) is 5.64. The molecule has 3 aromatic rings. The SMILES string of the molecule is C=Nc1ccc(C(=O)N2CCC(c3nc(C)cc(Nc4ccc(C)cc4)n3)CC2)cc1. The zero-order valence-corrected chi connectivity index (χ0v) is 18.0. The highest BCUT2D eigenvalue weighted by Gasteiger charge is 2.26. The number of nitrogens with zero attached hydrogens (tertiary/aromatic N) is 4. The summed E-state index contributed by atoms with van der Waals surface area (Å²) in [6.45, 7) is 8.97. The van der Waals surface area contributed by atoms with Crippen LogP contribution in [0.3, 0.4) is 0 Å². The van der Waals surface area contributed by atoms with Gasteiger partial charge in [0.15, 0.2) is 0 Å². The summed E-state index contributed by atoms with van der Waals surface area (Å²) in [6, 6.07) is 17.5. The summed E-state index contributed by atoms with van der Waals surface area (Å²) in [4.78, 5) is 28.1. The second-order valence-corrected chi connectivity index (χ2v) is 8.02. The predicted octanol–water partition coefficient (Wildman–Crippen LogP) is 5.19. The van der Waals surface area contributed by atoms with Crippen LogP contribution in [0, 0.1) is 13.8 Å². The highest BCUT2D eigenvalue weighted by atomic mass is 16.2. The lowest BCUT2D eigenvalue weighted by Crippen LogP contribution is -2.38. The number of piperidine rings is 1. The quantitative estimate of drug-likeness (QED) is 0.585. The highest BCUT2D eigenvalue weighted by molar-refractivity contribution is 5.94. The summed E-state index contributed by atoms with van der Waals surface area (Å²) < 4.78 is 0. The van der Waals surface area contributed by atoms with Gasteiger partial charge in [-0.05, 0) is 69.8 Å². The molecule has 0 radical (unpaired) electrons. The van der Waals surface area contributed by atoms with E-state index in [9.17, 15) is 4.79 Å². The topological polar surface area (TPSA) is 70.5 Å². The molecule has 6 nitrogen and oxygen atoms in total. The molecule has 4 rings (SSSR count). The Bertz CT molecular complexity index is 1070. The van der Waals surface area contributed by atoms with E-state index >= 15 is 0 Å². The van der Waals surface area contributed by atoms with Gasteiger partial charge in [0.2, 0.25) is 0 Å². The van der Waals surface area contributed by atoms with Crippen LogP contribution in [0.5, 0.6) is 0 Å². The standard InChI is InChI=1S/C25H27N5O/c1-17-4-8-22(9-5-17)28-23-16-18(2)27-24(29-23)19-12-14-30(15-13-19)25(31)20-6-10-21(26-3)11-7-20/h4-11,16,19H,3,12-15H2,1-2H3,(H,27,28,29). The van der Waals surface area contributed by atoms with E-state index in [1.54, 1.807) is 0 Å². The number of hydrogen-bond donors (Lipinski definition) is 1. The number of aliphatic imine (C=N–C) groups is 1. The fourth-order valence-corrected chi connectivity index (χ4v) is 3.86. The lowest BCUT2D eigenvalue weighted by Gasteiger charge is -2.31. The van der Waals surface area contributed by atoms with Crippen molar-refractivity contribution >= 4 is 29.8 Å². The first kappa shape index (κ1) is 20.7. The summed E-state index contributed by atoms with van der Waals surface area (Å²) in [7, 11) is 0. The molecule has 1 amide bonds. The van der Waals surface area contributed by atoms with Crippen molar-refractivity contribution in [3.05, 3.63) is 77.2 Å². The normalized spacial score (nSPS) is 14.3. The van der Waals surface area contributed by atoms with E-state index in [2.05, 4.69) is 41.1 Å². The summed E-state index contributed by atoms with van der Waals surface area (Å²) >= 11 is 0. The van der Waals surface area contributed by atoms with Gasteiger partial charge in [0.1, 0.15) is 11.6 Å². The third-order valence-corrected chi connectivity index (χ3v) is 5.64. The molecule has 0 spiro atoms. The number of anilines is 2. The van der Waals surface area contributed by atoms with E-state index < -0.39 is 0 Å². The Morgan fingerprint density at radius 3 is 2.35 bits per heavy atom. The molecular weight excluding hydrogens is 386 g/mol. The Morgan fingerprint density at radius 2 is 1.71 bits per heavy atom. The Hall–Kier alpha value is -3.54. The first-order valence-corrected chi connectivity index (χ1v) is 10.6. The van der Waals surface area contributed by atoms with E-state index in [-0.39, 0.29) is 11.8 Å². The average molecular weight is 414 g/mol. The van der Waals surface area contributed by atoms with Gasteiger partial charge in [-0.15, -0.1) is 0 Å². The maximum absolute atomic E-state index is 12.8. The highest BCUT2D eigenvalue weighted by Crippen LogP contribution is 2.28. The Labute approximate surface area is 183 Å². The number of likely N-dealkylation sites (tertiary alicyclic amines) is 1. The van der Waals surface area contributed by atoms with Crippen molar-refractivity contribution in [3.63, 3.8) is 0 Å². The van der Waals surface area contributed by atoms with Gasteiger partial charge in [-0.2, -0.15) is 0 Å². The molecule has 2 heterocycles. The molecule has 6 heteroatoms. The number of aromatic nitrogens is 2. The van der Waals surface area contributed by atoms with Gasteiger partial charge in [-0.3, -0.25) is 9.79 Å². The van der Waals surface area contributed by atoms with Crippen molar-refractivity contribution in [2.75, 3.05) is 18.4 Å². The Kier molecular flexibility index (Phi) is 6.07. The maximum Gasteiger partial charge on any atom is 0.253 e. The molecule has 1 aromatic heterocycles. The largest absolute Gasteiger partial charge is 0.340 e. The number of nitrogens with one attached hydrogen (secondary N) is 1. The van der Waals surface area contributed by atoms with Crippen molar-refractivity contribution in [1.29, 1.82) is 0 Å². The first-order chi connectivity index (χ1) is 15.0. The number of aryl methyl sites for hydroxylation is 2. The predicted molar refractivity (Wildman–Crippen MR) is 125 cm³/mol. The lowest BCUT2D eigenvalue weighted by atomic mass is 9.95. The summed E-state index contributed by atoms with van der Waals surface area (Å²) in [6.07, 6.45) is 1.71. The van der Waals surface area contributed by atoms with Crippen molar-refractivity contribution < 1.29 is 4.79 Å². The zero-order chi connectivity index (χ0) is 21.8. The monoisotopic (exact) mass is 413 g/mol. The fraction of sp³-hybridized carbons (Fsp3) is 0.280. The fourth-order valence-electron chi connectivity index (χ4n) is 3.86. The van der Waals surface area contributed by atoms with Gasteiger partial charge in [-0.1, -0.05) is 17.7 Å². The van der Waals surface area contributed by atoms with Crippen LogP contribution in [0.1, 0.15) is 46.2 Å². The van der Waals surface area contributed by atoms with Crippen molar-refractivity contribution in [2.45, 2.75) is 32.6 Å². The van der Waals surface area contributed by atoms with Gasteiger partial charge in [0.05, 0.1) is 5.69 Å². The van der Waals surface area contributed by atoms with Gasteiger partial charge in [-0.25, -0.2) is 9.97 Å². The molecule has 1 N–H and O–H groups in total. The van der Waals surface area contributed by atoms with Crippen LogP contribution in [-0.4, -0.2) is 40.6 Å². The number of rotatable bonds is 5. The Morgan fingerprint density at radius 1 is 1.03 bits per heavy atom. The molecule has 158 valence electrons. The molecule has 0 bridgehead atoms. The molecule has 1 fully saturated rings. The first-order valence-electron chi connectivity index (χ1n) is 10.6. The van der Waals surface area contributed by atoms with Gasteiger partial charge in [0, 0.05) is 42.0 Å². The summed E-state index contributed by atoms with van der Waals surface area (Å²) in [5.74, 6) is 1.96. The number of carbonyl (C=O) groups is 1. The maximum atomic E-state index is 12.8. The molecule has 0 atom stereocenters. The van der Waals surface area contributed by atoms with Crippen LogP contribution >= 0.6 is 0 Å². The second kappa shape index (κ2) is 9.08. The smallest absolute Gasteiger partial charge is 0.253 e. The Balaban J connectivity index is 1.42. The van der Waals surface area contributed by atoms with Crippen LogP contribution in [0.25, 0.3) is 0 Å². The number of carbonyl (C=O) groups excluding carboxylic acids is 1. The van der Waals surface area contributed by atoms with E-state index in [1.165, 1.54) is 5.56 Å². The lowest BCUT2D eigenvalue weighted by molar-refractivity contribution is 0.0711. The van der Waals surface area contributed by atoms with E-state index in [4.69, 9.17) is 4.98 Å². The van der Waals surface area contributed by atoms with Crippen molar-refractivity contribution in [2.24, 2.45) is 4.99 Å². The molecule has 2 aromatic carbocycles. The van der Waals surface area contributed by atoms with Gasteiger partial charge < -0.3 is 10.2 Å². The van der Waals surface area contributed by atoms with Crippen LogP contribution < -0.4 is 5.32 Å². The minimum Gasteiger partial charge on any atom is -0.340 e. The van der Waals surface area contributed by atoms with Crippen LogP contribution in [0.4, 0.5) is 17.2 Å². The number of amides is 1.